The minimum absolute atomic E-state index is 0.0247. The maximum absolute atomic E-state index is 12.1. The number of amides is 1. The monoisotopic (exact) mass is 445 g/mol. The molecule has 1 amide bonds. The Kier molecular flexibility index (Phi) is 5.21. The number of sulfone groups is 1. The Hall–Kier alpha value is -1.39. The van der Waals surface area contributed by atoms with Crippen LogP contribution in [0.5, 0.6) is 0 Å². The van der Waals surface area contributed by atoms with Gasteiger partial charge in [-0.2, -0.15) is 0 Å². The van der Waals surface area contributed by atoms with E-state index in [4.69, 9.17) is 4.42 Å². The number of aromatic nitrogens is 2. The number of benzene rings is 1. The van der Waals surface area contributed by atoms with Crippen LogP contribution in [0.15, 0.2) is 38.4 Å². The molecule has 2 heterocycles. The molecule has 3 rings (SSSR count). The first-order chi connectivity index (χ1) is 11.8. The molecule has 0 aliphatic carbocycles. The average molecular weight is 446 g/mol. The van der Waals surface area contributed by atoms with Gasteiger partial charge in [0.1, 0.15) is 0 Å². The van der Waals surface area contributed by atoms with Gasteiger partial charge in [-0.3, -0.25) is 4.79 Å². The Balaban J connectivity index is 1.58. The van der Waals surface area contributed by atoms with Gasteiger partial charge in [0, 0.05) is 4.47 Å². The van der Waals surface area contributed by atoms with Gasteiger partial charge in [0.15, 0.2) is 9.84 Å². The van der Waals surface area contributed by atoms with Crippen LogP contribution in [0, 0.1) is 0 Å². The van der Waals surface area contributed by atoms with E-state index >= 15 is 0 Å². The van der Waals surface area contributed by atoms with Gasteiger partial charge in [-0.1, -0.05) is 23.9 Å². The molecular weight excluding hydrogens is 430 g/mol. The molecule has 1 aliphatic rings. The molecule has 0 saturated carbocycles. The average Bonchev–Trinajstić information content (AvgIpc) is 3.10. The molecule has 0 spiro atoms. The Morgan fingerprint density at radius 3 is 2.84 bits per heavy atom. The lowest BCUT2D eigenvalue weighted by atomic mass is 10.0. The number of carbonyl (C=O) groups is 1. The lowest BCUT2D eigenvalue weighted by molar-refractivity contribution is -0.120. The van der Waals surface area contributed by atoms with E-state index in [1.54, 1.807) is 6.92 Å². The van der Waals surface area contributed by atoms with E-state index < -0.39 is 15.4 Å². The first-order valence-electron chi connectivity index (χ1n) is 7.49. The topological polar surface area (TPSA) is 102 Å². The molecular formula is C15H16BrN3O4S2. The summed E-state index contributed by atoms with van der Waals surface area (Å²) in [6.07, 6.45) is 0.429. The molecule has 1 aromatic heterocycles. The summed E-state index contributed by atoms with van der Waals surface area (Å²) in [5.74, 6) is 0.265. The van der Waals surface area contributed by atoms with Crippen molar-refractivity contribution in [1.29, 1.82) is 0 Å². The van der Waals surface area contributed by atoms with E-state index in [-0.39, 0.29) is 28.4 Å². The third-order valence-corrected chi connectivity index (χ3v) is 7.20. The summed E-state index contributed by atoms with van der Waals surface area (Å²) < 4.78 is 29.6. The van der Waals surface area contributed by atoms with Gasteiger partial charge in [0.25, 0.3) is 5.22 Å². The second-order valence-corrected chi connectivity index (χ2v) is 10.1. The van der Waals surface area contributed by atoms with Crippen molar-refractivity contribution in [2.75, 3.05) is 17.3 Å². The Morgan fingerprint density at radius 1 is 1.40 bits per heavy atom. The molecule has 0 bridgehead atoms. The summed E-state index contributed by atoms with van der Waals surface area (Å²) >= 11 is 4.54. The van der Waals surface area contributed by atoms with Gasteiger partial charge in [0.05, 0.1) is 28.4 Å². The zero-order valence-corrected chi connectivity index (χ0v) is 16.6. The van der Waals surface area contributed by atoms with Crippen LogP contribution in [0.25, 0.3) is 11.5 Å². The molecule has 1 saturated heterocycles. The largest absolute Gasteiger partial charge is 0.411 e. The SMILES string of the molecule is C[C@]1(NC(=O)CSc2nnc(-c3ccccc3Br)o2)CCS(=O)(=O)C1. The van der Waals surface area contributed by atoms with Crippen LogP contribution in [0.3, 0.4) is 0 Å². The van der Waals surface area contributed by atoms with Gasteiger partial charge in [-0.05, 0) is 41.4 Å². The second kappa shape index (κ2) is 7.08. The van der Waals surface area contributed by atoms with E-state index in [1.165, 1.54) is 0 Å². The molecule has 1 N–H and O–H groups in total. The highest BCUT2D eigenvalue weighted by Gasteiger charge is 2.39. The van der Waals surface area contributed by atoms with E-state index in [0.717, 1.165) is 21.8 Å². The molecule has 10 heteroatoms. The first kappa shape index (κ1) is 18.4. The second-order valence-electron chi connectivity index (χ2n) is 6.09. The fraction of sp³-hybridized carbons (Fsp3) is 0.400. The quantitative estimate of drug-likeness (QED) is 0.703. The van der Waals surface area contributed by atoms with Crippen molar-refractivity contribution >= 4 is 43.4 Å². The number of rotatable bonds is 5. The predicted octanol–water partition coefficient (Wildman–Crippen LogP) is 2.28. The normalized spacial score (nSPS) is 22.0. The van der Waals surface area contributed by atoms with E-state index in [0.29, 0.717) is 12.3 Å². The molecule has 1 atom stereocenters. The van der Waals surface area contributed by atoms with Gasteiger partial charge >= 0.3 is 0 Å². The maximum atomic E-state index is 12.1. The van der Waals surface area contributed by atoms with Crippen molar-refractivity contribution in [3.63, 3.8) is 0 Å². The number of hydrogen-bond acceptors (Lipinski definition) is 7. The Labute approximate surface area is 158 Å². The zero-order chi connectivity index (χ0) is 18.1. The van der Waals surface area contributed by atoms with Crippen molar-refractivity contribution in [2.45, 2.75) is 24.1 Å². The molecule has 0 unspecified atom stereocenters. The van der Waals surface area contributed by atoms with Gasteiger partial charge in [0.2, 0.25) is 11.8 Å². The summed E-state index contributed by atoms with van der Waals surface area (Å²) in [7, 11) is -3.06. The van der Waals surface area contributed by atoms with Gasteiger partial charge < -0.3 is 9.73 Å². The first-order valence-corrected chi connectivity index (χ1v) is 11.1. The fourth-order valence-electron chi connectivity index (χ4n) is 2.62. The third kappa shape index (κ3) is 4.62. The summed E-state index contributed by atoms with van der Waals surface area (Å²) in [6, 6.07) is 7.46. The lowest BCUT2D eigenvalue weighted by Crippen LogP contribution is -2.47. The van der Waals surface area contributed by atoms with Crippen LogP contribution in [0.4, 0.5) is 0 Å². The van der Waals surface area contributed by atoms with Crippen LogP contribution in [0.2, 0.25) is 0 Å². The minimum Gasteiger partial charge on any atom is -0.411 e. The number of thioether (sulfide) groups is 1. The smallest absolute Gasteiger partial charge is 0.277 e. The summed E-state index contributed by atoms with van der Waals surface area (Å²) in [4.78, 5) is 12.1. The number of nitrogens with zero attached hydrogens (tertiary/aromatic N) is 2. The Morgan fingerprint density at radius 2 is 2.16 bits per heavy atom. The Bertz CT molecular complexity index is 900. The van der Waals surface area contributed by atoms with Crippen LogP contribution < -0.4 is 5.32 Å². The van der Waals surface area contributed by atoms with E-state index in [1.807, 2.05) is 24.3 Å². The van der Waals surface area contributed by atoms with Crippen molar-refractivity contribution in [3.05, 3.63) is 28.7 Å². The minimum atomic E-state index is -3.06. The predicted molar refractivity (Wildman–Crippen MR) is 98.0 cm³/mol. The highest BCUT2D eigenvalue weighted by Crippen LogP contribution is 2.29. The summed E-state index contributed by atoms with van der Waals surface area (Å²) in [5, 5.41) is 11.0. The number of halogens is 1. The molecule has 134 valence electrons. The third-order valence-electron chi connectivity index (χ3n) is 3.78. The number of nitrogens with one attached hydrogen (secondary N) is 1. The summed E-state index contributed by atoms with van der Waals surface area (Å²) in [6.45, 7) is 1.75. The highest BCUT2D eigenvalue weighted by atomic mass is 79.9. The lowest BCUT2D eigenvalue weighted by Gasteiger charge is -2.23. The van der Waals surface area contributed by atoms with Crippen LogP contribution in [-0.2, 0) is 14.6 Å². The molecule has 1 fully saturated rings. The standard InChI is InChI=1S/C15H16BrN3O4S2/c1-15(6-7-25(21,22)9-15)17-12(20)8-24-14-19-18-13(23-14)10-4-2-3-5-11(10)16/h2-5H,6-9H2,1H3,(H,17,20)/t15-/m0/s1. The van der Waals surface area contributed by atoms with Crippen molar-refractivity contribution in [3.8, 4) is 11.5 Å². The molecule has 7 nitrogen and oxygen atoms in total. The number of hydrogen-bond donors (Lipinski definition) is 1. The molecule has 1 aliphatic heterocycles. The molecule has 25 heavy (non-hydrogen) atoms. The van der Waals surface area contributed by atoms with Crippen molar-refractivity contribution in [1.82, 2.24) is 15.5 Å². The van der Waals surface area contributed by atoms with Crippen LogP contribution in [-0.4, -0.2) is 47.3 Å². The van der Waals surface area contributed by atoms with Crippen LogP contribution >= 0.6 is 27.7 Å². The zero-order valence-electron chi connectivity index (χ0n) is 13.4. The van der Waals surface area contributed by atoms with Gasteiger partial charge in [-0.25, -0.2) is 8.42 Å². The summed E-state index contributed by atoms with van der Waals surface area (Å²) in [5.41, 5.74) is 0.0701. The van der Waals surface area contributed by atoms with E-state index in [9.17, 15) is 13.2 Å². The maximum Gasteiger partial charge on any atom is 0.277 e. The van der Waals surface area contributed by atoms with Gasteiger partial charge in [-0.15, -0.1) is 10.2 Å². The van der Waals surface area contributed by atoms with Crippen molar-refractivity contribution in [2.24, 2.45) is 0 Å². The van der Waals surface area contributed by atoms with E-state index in [2.05, 4.69) is 31.4 Å². The molecule has 2 aromatic rings. The fourth-order valence-corrected chi connectivity index (χ4v) is 5.73. The van der Waals surface area contributed by atoms with Crippen molar-refractivity contribution < 1.29 is 17.6 Å². The van der Waals surface area contributed by atoms with Crippen LogP contribution in [0.1, 0.15) is 13.3 Å². The molecule has 0 radical (unpaired) electrons. The molecule has 1 aromatic carbocycles. The highest BCUT2D eigenvalue weighted by molar-refractivity contribution is 9.10. The number of carbonyl (C=O) groups excluding carboxylic acids is 1.